The number of carbonyl (C=O) groups is 1. The minimum absolute atomic E-state index is 0.0607. The summed E-state index contributed by atoms with van der Waals surface area (Å²) in [6, 6.07) is 0.361. The van der Waals surface area contributed by atoms with E-state index in [4.69, 9.17) is 0 Å². The van der Waals surface area contributed by atoms with Crippen LogP contribution in [0.5, 0.6) is 0 Å². The molecule has 2 atom stereocenters. The molecule has 19 heavy (non-hydrogen) atoms. The number of carbonyl (C=O) groups excluding carboxylic acids is 1. The van der Waals surface area contributed by atoms with Crippen LogP contribution >= 0.6 is 23.5 Å². The van der Waals surface area contributed by atoms with E-state index < -0.39 is 0 Å². The van der Waals surface area contributed by atoms with Gasteiger partial charge in [-0.3, -0.25) is 4.79 Å². The second kappa shape index (κ2) is 8.42. The first-order valence-corrected chi connectivity index (χ1v) is 9.69. The molecule has 110 valence electrons. The third-order valence-corrected chi connectivity index (χ3v) is 6.73. The van der Waals surface area contributed by atoms with Gasteiger partial charge in [0.25, 0.3) is 0 Å². The predicted molar refractivity (Wildman–Crippen MR) is 86.1 cm³/mol. The third-order valence-electron chi connectivity index (χ3n) is 3.88. The smallest absolute Gasteiger partial charge is 0.237 e. The summed E-state index contributed by atoms with van der Waals surface area (Å²) < 4.78 is 0. The third kappa shape index (κ3) is 5.56. The van der Waals surface area contributed by atoms with Crippen molar-refractivity contribution in [1.82, 2.24) is 10.6 Å². The van der Waals surface area contributed by atoms with Crippen molar-refractivity contribution in [3.05, 3.63) is 0 Å². The van der Waals surface area contributed by atoms with Crippen LogP contribution in [0, 0.1) is 0 Å². The van der Waals surface area contributed by atoms with Gasteiger partial charge in [-0.25, -0.2) is 0 Å². The highest BCUT2D eigenvalue weighted by Gasteiger charge is 2.21. The fraction of sp³-hybridized carbons (Fsp3) is 0.929. The largest absolute Gasteiger partial charge is 0.352 e. The maximum Gasteiger partial charge on any atom is 0.237 e. The van der Waals surface area contributed by atoms with Gasteiger partial charge in [0, 0.05) is 35.1 Å². The molecule has 0 radical (unpaired) electrons. The number of hydrogen-bond donors (Lipinski definition) is 2. The van der Waals surface area contributed by atoms with Crippen molar-refractivity contribution in [2.45, 2.75) is 56.4 Å². The van der Waals surface area contributed by atoms with E-state index in [1.807, 2.05) is 30.4 Å². The Morgan fingerprint density at radius 3 is 2.74 bits per heavy atom. The quantitative estimate of drug-likeness (QED) is 0.817. The number of amides is 1. The normalized spacial score (nSPS) is 26.9. The summed E-state index contributed by atoms with van der Waals surface area (Å²) in [4.78, 5) is 12.1. The fourth-order valence-corrected chi connectivity index (χ4v) is 5.25. The fourth-order valence-electron chi connectivity index (χ4n) is 2.63. The summed E-state index contributed by atoms with van der Waals surface area (Å²) >= 11 is 4.07. The van der Waals surface area contributed by atoms with E-state index in [2.05, 4.69) is 10.6 Å². The van der Waals surface area contributed by atoms with Gasteiger partial charge in [-0.05, 0) is 19.8 Å². The van der Waals surface area contributed by atoms with E-state index in [1.165, 1.54) is 36.5 Å². The lowest BCUT2D eigenvalue weighted by Crippen LogP contribution is -2.48. The molecule has 2 unspecified atom stereocenters. The van der Waals surface area contributed by atoms with Crippen LogP contribution in [0.15, 0.2) is 0 Å². The number of nitrogens with one attached hydrogen (secondary N) is 2. The Balaban J connectivity index is 1.63. The van der Waals surface area contributed by atoms with Gasteiger partial charge in [-0.15, -0.1) is 0 Å². The lowest BCUT2D eigenvalue weighted by molar-refractivity contribution is -0.123. The van der Waals surface area contributed by atoms with Gasteiger partial charge in [-0.2, -0.15) is 23.5 Å². The molecule has 1 saturated carbocycles. The molecule has 0 aromatic carbocycles. The van der Waals surface area contributed by atoms with Crippen molar-refractivity contribution in [2.75, 3.05) is 23.8 Å². The lowest BCUT2D eigenvalue weighted by Gasteiger charge is -2.26. The summed E-state index contributed by atoms with van der Waals surface area (Å²) in [7, 11) is 0. The molecule has 1 aliphatic carbocycles. The van der Waals surface area contributed by atoms with E-state index in [1.54, 1.807) is 0 Å². The van der Waals surface area contributed by atoms with Crippen molar-refractivity contribution >= 4 is 29.4 Å². The van der Waals surface area contributed by atoms with Crippen LogP contribution in [0.3, 0.4) is 0 Å². The summed E-state index contributed by atoms with van der Waals surface area (Å²) in [5.74, 6) is 3.92. The Kier molecular flexibility index (Phi) is 6.88. The molecule has 2 rings (SSSR count). The highest BCUT2D eigenvalue weighted by molar-refractivity contribution is 8.06. The molecule has 0 aromatic rings. The first kappa shape index (κ1) is 15.5. The Morgan fingerprint density at radius 1 is 1.26 bits per heavy atom. The Bertz CT molecular complexity index is 277. The van der Waals surface area contributed by atoms with Gasteiger partial charge < -0.3 is 10.6 Å². The number of hydrogen-bond acceptors (Lipinski definition) is 4. The SMILES string of the molecule is CC(NCC1CSCCS1)C(=O)NC1CCCCC1. The van der Waals surface area contributed by atoms with Gasteiger partial charge in [0.15, 0.2) is 0 Å². The molecule has 1 heterocycles. The van der Waals surface area contributed by atoms with Crippen molar-refractivity contribution in [2.24, 2.45) is 0 Å². The average molecular weight is 303 g/mol. The topological polar surface area (TPSA) is 41.1 Å². The zero-order valence-electron chi connectivity index (χ0n) is 11.8. The molecule has 2 fully saturated rings. The molecule has 2 N–H and O–H groups in total. The monoisotopic (exact) mass is 302 g/mol. The van der Waals surface area contributed by atoms with E-state index in [-0.39, 0.29) is 11.9 Å². The van der Waals surface area contributed by atoms with Gasteiger partial charge in [0.1, 0.15) is 0 Å². The van der Waals surface area contributed by atoms with Crippen LogP contribution < -0.4 is 10.6 Å². The van der Waals surface area contributed by atoms with Crippen LogP contribution in [0.2, 0.25) is 0 Å². The van der Waals surface area contributed by atoms with E-state index in [0.717, 1.165) is 19.4 Å². The molecular weight excluding hydrogens is 276 g/mol. The first-order chi connectivity index (χ1) is 9.25. The molecular formula is C14H26N2OS2. The van der Waals surface area contributed by atoms with E-state index in [9.17, 15) is 4.79 Å². The van der Waals surface area contributed by atoms with Gasteiger partial charge in [-0.1, -0.05) is 19.3 Å². The Morgan fingerprint density at radius 2 is 2.05 bits per heavy atom. The van der Waals surface area contributed by atoms with Crippen molar-refractivity contribution in [1.29, 1.82) is 0 Å². The maximum absolute atomic E-state index is 12.1. The van der Waals surface area contributed by atoms with Crippen molar-refractivity contribution in [3.8, 4) is 0 Å². The second-order valence-corrected chi connectivity index (χ2v) is 8.10. The Hall–Kier alpha value is 0.130. The summed E-state index contributed by atoms with van der Waals surface area (Å²) in [6.07, 6.45) is 6.18. The molecule has 1 aliphatic heterocycles. The highest BCUT2D eigenvalue weighted by atomic mass is 32.2. The number of thioether (sulfide) groups is 2. The second-order valence-electron chi connectivity index (χ2n) is 5.54. The predicted octanol–water partition coefficient (Wildman–Crippen LogP) is 2.26. The molecule has 0 bridgehead atoms. The summed E-state index contributed by atoms with van der Waals surface area (Å²) in [6.45, 7) is 2.94. The molecule has 5 heteroatoms. The van der Waals surface area contributed by atoms with Gasteiger partial charge >= 0.3 is 0 Å². The first-order valence-electron chi connectivity index (χ1n) is 7.49. The number of rotatable bonds is 5. The summed E-state index contributed by atoms with van der Waals surface area (Å²) in [5, 5.41) is 7.26. The van der Waals surface area contributed by atoms with Crippen LogP contribution in [-0.4, -0.2) is 47.0 Å². The van der Waals surface area contributed by atoms with Crippen LogP contribution in [-0.2, 0) is 4.79 Å². The van der Waals surface area contributed by atoms with Crippen LogP contribution in [0.25, 0.3) is 0 Å². The van der Waals surface area contributed by atoms with Crippen LogP contribution in [0.4, 0.5) is 0 Å². The molecule has 0 aromatic heterocycles. The summed E-state index contributed by atoms with van der Waals surface area (Å²) in [5.41, 5.74) is 0. The van der Waals surface area contributed by atoms with E-state index in [0.29, 0.717) is 11.3 Å². The average Bonchev–Trinajstić information content (AvgIpc) is 2.47. The Labute approximate surface area is 125 Å². The van der Waals surface area contributed by atoms with Gasteiger partial charge in [0.2, 0.25) is 5.91 Å². The minimum Gasteiger partial charge on any atom is -0.352 e. The van der Waals surface area contributed by atoms with Crippen LogP contribution in [0.1, 0.15) is 39.0 Å². The van der Waals surface area contributed by atoms with Gasteiger partial charge in [0.05, 0.1) is 6.04 Å². The standard InChI is InChI=1S/C14H26N2OS2/c1-11(15-9-13-10-18-7-8-19-13)14(17)16-12-5-3-2-4-6-12/h11-13,15H,2-10H2,1H3,(H,16,17). The molecule has 1 amide bonds. The minimum atomic E-state index is -0.0607. The highest BCUT2D eigenvalue weighted by Crippen LogP contribution is 2.23. The molecule has 0 spiro atoms. The van der Waals surface area contributed by atoms with Crippen molar-refractivity contribution < 1.29 is 4.79 Å². The van der Waals surface area contributed by atoms with E-state index >= 15 is 0 Å². The molecule has 1 saturated heterocycles. The maximum atomic E-state index is 12.1. The zero-order chi connectivity index (χ0) is 13.5. The zero-order valence-corrected chi connectivity index (χ0v) is 13.5. The lowest BCUT2D eigenvalue weighted by atomic mass is 9.95. The molecule has 2 aliphatic rings. The molecule has 3 nitrogen and oxygen atoms in total. The van der Waals surface area contributed by atoms with Crippen molar-refractivity contribution in [3.63, 3.8) is 0 Å².